The van der Waals surface area contributed by atoms with Crippen LogP contribution in [0.2, 0.25) is 0 Å². The van der Waals surface area contributed by atoms with Gasteiger partial charge in [-0.25, -0.2) is 4.98 Å². The van der Waals surface area contributed by atoms with Crippen LogP contribution < -0.4 is 9.64 Å². The smallest absolute Gasteiger partial charge is 0.324 e. The molecule has 31 heavy (non-hydrogen) atoms. The number of rotatable bonds is 9. The number of thiophene rings is 1. The third kappa shape index (κ3) is 5.46. The van der Waals surface area contributed by atoms with Gasteiger partial charge in [0.05, 0.1) is 16.7 Å². The van der Waals surface area contributed by atoms with E-state index in [4.69, 9.17) is 9.72 Å². The number of fused-ring (bicyclic) bond motifs is 1. The number of benzene rings is 1. The van der Waals surface area contributed by atoms with Gasteiger partial charge < -0.3 is 9.64 Å². The third-order valence-corrected chi connectivity index (χ3v) is 6.79. The van der Waals surface area contributed by atoms with Gasteiger partial charge in [0.15, 0.2) is 5.13 Å². The molecule has 0 spiro atoms. The van der Waals surface area contributed by atoms with E-state index in [1.807, 2.05) is 33.2 Å². The molecule has 0 N–H and O–H groups in total. The second-order valence-corrected chi connectivity index (χ2v) is 9.24. The van der Waals surface area contributed by atoms with Crippen molar-refractivity contribution in [3.63, 3.8) is 0 Å². The molecule has 164 valence electrons. The van der Waals surface area contributed by atoms with Crippen molar-refractivity contribution in [3.05, 3.63) is 50.9 Å². The van der Waals surface area contributed by atoms with E-state index < -0.39 is 4.92 Å². The molecular weight excluding hydrogens is 436 g/mol. The summed E-state index contributed by atoms with van der Waals surface area (Å²) in [6.07, 6.45) is 3.84. The standard InChI is InChI=1S/C21H24N4O4S2/c1-14-6-9-16(29-4)19-20(14)31-21(22-19)24(13-5-12-23(2)3)17(26)10-7-15-8-11-18(30-15)25(27)28/h6-11H,5,12-13H2,1-4H3/b10-7+. The zero-order chi connectivity index (χ0) is 22.5. The first-order chi connectivity index (χ1) is 14.8. The third-order valence-electron chi connectivity index (χ3n) is 4.58. The van der Waals surface area contributed by atoms with E-state index >= 15 is 0 Å². The fraction of sp³-hybridized carbons (Fsp3) is 0.333. The first-order valence-corrected chi connectivity index (χ1v) is 11.3. The Morgan fingerprint density at radius 2 is 2.00 bits per heavy atom. The summed E-state index contributed by atoms with van der Waals surface area (Å²) < 4.78 is 6.43. The van der Waals surface area contributed by atoms with Crippen LogP contribution in [0.5, 0.6) is 5.75 Å². The van der Waals surface area contributed by atoms with Gasteiger partial charge in [0.1, 0.15) is 11.3 Å². The van der Waals surface area contributed by atoms with E-state index in [1.165, 1.54) is 23.5 Å². The summed E-state index contributed by atoms with van der Waals surface area (Å²) in [7, 11) is 5.58. The molecule has 3 aromatic rings. The Labute approximate surface area is 188 Å². The highest BCUT2D eigenvalue weighted by atomic mass is 32.1. The molecule has 0 atom stereocenters. The van der Waals surface area contributed by atoms with E-state index in [0.717, 1.165) is 40.1 Å². The average molecular weight is 461 g/mol. The summed E-state index contributed by atoms with van der Waals surface area (Å²) in [5, 5.41) is 11.5. The number of thiazole rings is 1. The fourth-order valence-corrected chi connectivity index (χ4v) is 4.80. The molecule has 0 bridgehead atoms. The van der Waals surface area contributed by atoms with Crippen molar-refractivity contribution < 1.29 is 14.5 Å². The predicted molar refractivity (Wildman–Crippen MR) is 126 cm³/mol. The molecular formula is C21H24N4O4S2. The predicted octanol–water partition coefficient (Wildman–Crippen LogP) is 4.58. The van der Waals surface area contributed by atoms with Crippen molar-refractivity contribution in [1.82, 2.24) is 9.88 Å². The molecule has 8 nitrogen and oxygen atoms in total. The Kier molecular flexibility index (Phi) is 7.37. The second kappa shape index (κ2) is 9.99. The van der Waals surface area contributed by atoms with E-state index in [9.17, 15) is 14.9 Å². The topological polar surface area (TPSA) is 88.8 Å². The number of hydrogen-bond donors (Lipinski definition) is 0. The van der Waals surface area contributed by atoms with E-state index in [1.54, 1.807) is 24.2 Å². The number of carbonyl (C=O) groups is 1. The summed E-state index contributed by atoms with van der Waals surface area (Å²) in [6.45, 7) is 3.34. The quantitative estimate of drug-likeness (QED) is 0.264. The summed E-state index contributed by atoms with van der Waals surface area (Å²) in [6, 6.07) is 6.93. The van der Waals surface area contributed by atoms with Gasteiger partial charge in [-0.2, -0.15) is 0 Å². The number of nitrogens with zero attached hydrogens (tertiary/aromatic N) is 4. The highest BCUT2D eigenvalue weighted by Gasteiger charge is 2.20. The van der Waals surface area contributed by atoms with Crippen LogP contribution >= 0.6 is 22.7 Å². The Hall–Kier alpha value is -2.82. The first-order valence-electron chi connectivity index (χ1n) is 9.63. The fourth-order valence-electron chi connectivity index (χ4n) is 3.00. The zero-order valence-corrected chi connectivity index (χ0v) is 19.5. The van der Waals surface area contributed by atoms with Crippen LogP contribution in [-0.4, -0.2) is 55.0 Å². The van der Waals surface area contributed by atoms with Crippen LogP contribution in [0.3, 0.4) is 0 Å². The monoisotopic (exact) mass is 460 g/mol. The number of amides is 1. The van der Waals surface area contributed by atoms with Gasteiger partial charge in [-0.05, 0) is 57.8 Å². The molecule has 0 unspecified atom stereocenters. The molecule has 0 aliphatic heterocycles. The van der Waals surface area contributed by atoms with Crippen LogP contribution in [0.15, 0.2) is 30.3 Å². The second-order valence-electron chi connectivity index (χ2n) is 7.17. The minimum Gasteiger partial charge on any atom is -0.494 e. The number of hydrogen-bond acceptors (Lipinski definition) is 8. The minimum absolute atomic E-state index is 0.0451. The largest absolute Gasteiger partial charge is 0.494 e. The molecule has 3 rings (SSSR count). The van der Waals surface area contributed by atoms with Crippen LogP contribution in [0.1, 0.15) is 16.9 Å². The van der Waals surface area contributed by atoms with Crippen LogP contribution in [0.25, 0.3) is 16.3 Å². The van der Waals surface area contributed by atoms with Crippen LogP contribution in [0.4, 0.5) is 10.1 Å². The number of aryl methyl sites for hydroxylation is 1. The zero-order valence-electron chi connectivity index (χ0n) is 17.8. The molecule has 1 aromatic carbocycles. The molecule has 2 aromatic heterocycles. The van der Waals surface area contributed by atoms with Crippen molar-refractivity contribution >= 4 is 55.0 Å². The lowest BCUT2D eigenvalue weighted by atomic mass is 10.2. The van der Waals surface area contributed by atoms with Crippen molar-refractivity contribution in [3.8, 4) is 5.75 Å². The normalized spacial score (nSPS) is 11.5. The van der Waals surface area contributed by atoms with Gasteiger partial charge in [-0.1, -0.05) is 28.7 Å². The lowest BCUT2D eigenvalue weighted by Gasteiger charge is -2.19. The Balaban J connectivity index is 1.90. The van der Waals surface area contributed by atoms with Crippen molar-refractivity contribution in [2.75, 3.05) is 39.2 Å². The Morgan fingerprint density at radius 1 is 1.23 bits per heavy atom. The number of ether oxygens (including phenoxy) is 1. The maximum atomic E-state index is 13.1. The van der Waals surface area contributed by atoms with Gasteiger partial charge in [0.2, 0.25) is 0 Å². The van der Waals surface area contributed by atoms with Crippen LogP contribution in [0, 0.1) is 17.0 Å². The highest BCUT2D eigenvalue weighted by molar-refractivity contribution is 7.22. The van der Waals surface area contributed by atoms with E-state index in [0.29, 0.717) is 22.3 Å². The lowest BCUT2D eigenvalue weighted by molar-refractivity contribution is -0.380. The summed E-state index contributed by atoms with van der Waals surface area (Å²) >= 11 is 2.49. The summed E-state index contributed by atoms with van der Waals surface area (Å²) in [5.41, 5.74) is 1.81. The number of anilines is 1. The van der Waals surface area contributed by atoms with E-state index in [2.05, 4.69) is 4.90 Å². The Morgan fingerprint density at radius 3 is 2.65 bits per heavy atom. The lowest BCUT2D eigenvalue weighted by Crippen LogP contribution is -2.32. The molecule has 1 amide bonds. The first kappa shape index (κ1) is 22.9. The van der Waals surface area contributed by atoms with Crippen molar-refractivity contribution in [1.29, 1.82) is 0 Å². The summed E-state index contributed by atoms with van der Waals surface area (Å²) in [5.74, 6) is 0.454. The molecule has 0 aliphatic carbocycles. The molecule has 0 fully saturated rings. The molecule has 2 heterocycles. The Bertz CT molecular complexity index is 1120. The molecule has 0 aliphatic rings. The molecule has 0 saturated heterocycles. The molecule has 0 saturated carbocycles. The molecule has 10 heteroatoms. The number of carbonyl (C=O) groups excluding carboxylic acids is 1. The van der Waals surface area contributed by atoms with E-state index in [-0.39, 0.29) is 10.9 Å². The number of aromatic nitrogens is 1. The highest BCUT2D eigenvalue weighted by Crippen LogP contribution is 2.36. The van der Waals surface area contributed by atoms with Gasteiger partial charge in [0, 0.05) is 23.6 Å². The number of methoxy groups -OCH3 is 1. The molecule has 0 radical (unpaired) electrons. The summed E-state index contributed by atoms with van der Waals surface area (Å²) in [4.78, 5) is 32.6. The van der Waals surface area contributed by atoms with Gasteiger partial charge in [0.25, 0.3) is 5.91 Å². The minimum atomic E-state index is -0.436. The van der Waals surface area contributed by atoms with Crippen molar-refractivity contribution in [2.24, 2.45) is 0 Å². The maximum Gasteiger partial charge on any atom is 0.324 e. The SMILES string of the molecule is COc1ccc(C)c2sc(N(CCCN(C)C)C(=O)/C=C/c3ccc([N+](=O)[O-])s3)nc12. The number of nitro groups is 1. The van der Waals surface area contributed by atoms with Gasteiger partial charge in [-0.3, -0.25) is 19.8 Å². The van der Waals surface area contributed by atoms with Crippen molar-refractivity contribution in [2.45, 2.75) is 13.3 Å². The van der Waals surface area contributed by atoms with Gasteiger partial charge in [-0.15, -0.1) is 0 Å². The van der Waals surface area contributed by atoms with Gasteiger partial charge >= 0.3 is 5.00 Å². The van der Waals surface area contributed by atoms with Crippen LogP contribution in [-0.2, 0) is 4.79 Å². The average Bonchev–Trinajstić information content (AvgIpc) is 3.37. The maximum absolute atomic E-state index is 13.1.